The molecule has 0 saturated heterocycles. The van der Waals surface area contributed by atoms with Gasteiger partial charge < -0.3 is 15.5 Å². The minimum atomic E-state index is -1.26. The van der Waals surface area contributed by atoms with Gasteiger partial charge in [0.25, 0.3) is 5.91 Å². The molecule has 0 radical (unpaired) electrons. The second-order valence-corrected chi connectivity index (χ2v) is 9.39. The Morgan fingerprint density at radius 3 is 2.52 bits per heavy atom. The number of hydrogen-bond acceptors (Lipinski definition) is 4. The monoisotopic (exact) mass is 578 g/mol. The van der Waals surface area contributed by atoms with E-state index in [-0.39, 0.29) is 11.9 Å². The molecule has 0 heterocycles. The molecule has 230 valence electrons. The first-order chi connectivity index (χ1) is 20.4. The minimum Gasteiger partial charge on any atom is -0.368 e. The van der Waals surface area contributed by atoms with Crippen molar-refractivity contribution < 1.29 is 19.4 Å². The Morgan fingerprint density at radius 2 is 1.83 bits per heavy atom. The van der Waals surface area contributed by atoms with Gasteiger partial charge in [-0.15, -0.1) is 0 Å². The van der Waals surface area contributed by atoms with Crippen molar-refractivity contribution in [1.29, 1.82) is 0 Å². The second-order valence-electron chi connectivity index (χ2n) is 9.39. The fourth-order valence-corrected chi connectivity index (χ4v) is 3.97. The molecule has 5 nitrogen and oxygen atoms in total. The molecule has 1 aliphatic rings. The Hall–Kier alpha value is -3.61. The van der Waals surface area contributed by atoms with Crippen molar-refractivity contribution in [1.82, 2.24) is 5.32 Å². The molecule has 0 aromatic heterocycles. The molecular formula is C36H51FN2O3. The second kappa shape index (κ2) is 26.3. The van der Waals surface area contributed by atoms with Crippen LogP contribution >= 0.6 is 0 Å². The van der Waals surface area contributed by atoms with E-state index in [4.69, 9.17) is 10.2 Å². The van der Waals surface area contributed by atoms with E-state index in [1.54, 1.807) is 49.6 Å². The van der Waals surface area contributed by atoms with Gasteiger partial charge in [0, 0.05) is 23.5 Å². The fraction of sp³-hybridized carbons (Fsp3) is 0.389. The molecule has 0 aliphatic heterocycles. The van der Waals surface area contributed by atoms with Crippen molar-refractivity contribution in [3.8, 4) is 0 Å². The van der Waals surface area contributed by atoms with E-state index in [0.717, 1.165) is 51.4 Å². The Balaban J connectivity index is 0.00000821. The van der Waals surface area contributed by atoms with Crippen LogP contribution in [0.4, 0.5) is 4.39 Å². The van der Waals surface area contributed by atoms with Gasteiger partial charge in [0.05, 0.1) is 6.33 Å². The molecule has 0 bridgehead atoms. The third-order valence-electron chi connectivity index (χ3n) is 6.14. The van der Waals surface area contributed by atoms with Crippen LogP contribution in [0.25, 0.3) is 0 Å². The summed E-state index contributed by atoms with van der Waals surface area (Å²) in [6.07, 6.45) is 31.9. The highest BCUT2D eigenvalue weighted by Crippen LogP contribution is 2.19. The predicted octanol–water partition coefficient (Wildman–Crippen LogP) is 8.61. The lowest BCUT2D eigenvalue weighted by atomic mass is 9.96. The highest BCUT2D eigenvalue weighted by atomic mass is 19.1. The molecule has 0 saturated carbocycles. The SMILES string of the molecule is C=C/C=C\C1=C\C(NC(=O)C(/C=C/C=C/CCCCC(O)O)=C/C=C/N=C(C)\C(C=C)=C\C=C\F)CCCCC1.CC. The summed E-state index contributed by atoms with van der Waals surface area (Å²) in [6.45, 7) is 13.3. The quantitative estimate of drug-likeness (QED) is 0.0564. The zero-order valence-electron chi connectivity index (χ0n) is 25.7. The lowest BCUT2D eigenvalue weighted by Gasteiger charge is -2.19. The molecule has 6 heteroatoms. The Labute approximate surface area is 253 Å². The number of aliphatic hydroxyl groups excluding tert-OH is 1. The van der Waals surface area contributed by atoms with E-state index in [1.807, 2.05) is 38.2 Å². The van der Waals surface area contributed by atoms with E-state index < -0.39 is 6.29 Å². The number of allylic oxidation sites excluding steroid dienone is 13. The van der Waals surface area contributed by atoms with E-state index in [0.29, 0.717) is 29.6 Å². The van der Waals surface area contributed by atoms with Gasteiger partial charge >= 0.3 is 0 Å². The van der Waals surface area contributed by atoms with Crippen molar-refractivity contribution in [2.75, 3.05) is 0 Å². The van der Waals surface area contributed by atoms with E-state index in [1.165, 1.54) is 11.6 Å². The van der Waals surface area contributed by atoms with Crippen molar-refractivity contribution in [2.24, 2.45) is 4.99 Å². The first-order valence-corrected chi connectivity index (χ1v) is 14.9. The molecule has 0 fully saturated rings. The van der Waals surface area contributed by atoms with E-state index >= 15 is 0 Å². The number of hydrogen-bond donors (Lipinski definition) is 3. The molecule has 0 aromatic rings. The summed E-state index contributed by atoms with van der Waals surface area (Å²) in [5.41, 5.74) is 3.03. The number of amides is 1. The smallest absolute Gasteiger partial charge is 0.251 e. The number of halogens is 1. The Kier molecular flexibility index (Phi) is 24.0. The Morgan fingerprint density at radius 1 is 1.07 bits per heavy atom. The summed E-state index contributed by atoms with van der Waals surface area (Å²) in [4.78, 5) is 17.7. The molecule has 1 aliphatic carbocycles. The van der Waals surface area contributed by atoms with Gasteiger partial charge in [0.1, 0.15) is 0 Å². The number of carbonyl (C=O) groups is 1. The van der Waals surface area contributed by atoms with Crippen molar-refractivity contribution >= 4 is 11.6 Å². The third kappa shape index (κ3) is 19.5. The summed E-state index contributed by atoms with van der Waals surface area (Å²) in [7, 11) is 0. The predicted molar refractivity (Wildman–Crippen MR) is 178 cm³/mol. The summed E-state index contributed by atoms with van der Waals surface area (Å²) < 4.78 is 12.3. The van der Waals surface area contributed by atoms with Crippen molar-refractivity contribution in [3.63, 3.8) is 0 Å². The van der Waals surface area contributed by atoms with Crippen LogP contribution < -0.4 is 5.32 Å². The lowest BCUT2D eigenvalue weighted by Crippen LogP contribution is -2.34. The molecule has 1 unspecified atom stereocenters. The van der Waals surface area contributed by atoms with Crippen molar-refractivity contribution in [2.45, 2.75) is 90.9 Å². The number of aliphatic imine (C=N–C) groups is 1. The van der Waals surface area contributed by atoms with Crippen LogP contribution in [-0.2, 0) is 4.79 Å². The van der Waals surface area contributed by atoms with Crippen LogP contribution in [0.15, 0.2) is 126 Å². The van der Waals surface area contributed by atoms with Crippen molar-refractivity contribution in [3.05, 3.63) is 121 Å². The summed E-state index contributed by atoms with van der Waals surface area (Å²) in [5, 5.41) is 21.0. The molecule has 0 spiro atoms. The van der Waals surface area contributed by atoms with Crippen LogP contribution in [0, 0.1) is 0 Å². The summed E-state index contributed by atoms with van der Waals surface area (Å²) >= 11 is 0. The van der Waals surface area contributed by atoms with E-state index in [9.17, 15) is 9.18 Å². The largest absolute Gasteiger partial charge is 0.368 e. The van der Waals surface area contributed by atoms with E-state index in [2.05, 4.69) is 35.6 Å². The maximum atomic E-state index is 13.3. The maximum Gasteiger partial charge on any atom is 0.251 e. The average molecular weight is 579 g/mol. The fourth-order valence-electron chi connectivity index (χ4n) is 3.97. The number of aliphatic hydroxyl groups is 2. The topological polar surface area (TPSA) is 81.9 Å². The number of rotatable bonds is 16. The molecule has 1 atom stereocenters. The molecule has 0 aromatic carbocycles. The molecule has 1 amide bonds. The highest BCUT2D eigenvalue weighted by molar-refractivity contribution is 6.01. The van der Waals surface area contributed by atoms with Crippen LogP contribution in [-0.4, -0.2) is 34.2 Å². The first kappa shape index (κ1) is 38.4. The standard InChI is InChI=1S/C34H45FN2O3.C2H6/c1-4-6-18-29-19-12-11-14-23-32(27-29)37-34(40)31(20-13-9-7-8-10-15-24-33(38)39)22-17-26-36-28(3)30(5-2)21-16-25-35;1-2/h4-7,9,13,16-18,20-22,25-27,32-33,38-39H,1-2,8,10-12,14-15,19,23-24H2,3H3,(H,37,40);1-2H3/b9-7+,18-6-,20-13+,25-16+,26-17+,29-27-,30-21+,31-22+,36-28-;. The van der Waals surface area contributed by atoms with Gasteiger partial charge in [0.15, 0.2) is 6.29 Å². The van der Waals surface area contributed by atoms with Gasteiger partial charge in [-0.1, -0.05) is 94.5 Å². The van der Waals surface area contributed by atoms with Gasteiger partial charge in [-0.2, -0.15) is 0 Å². The molecular weight excluding hydrogens is 527 g/mol. The number of nitrogens with one attached hydrogen (secondary N) is 1. The molecule has 1 rings (SSSR count). The van der Waals surface area contributed by atoms with Crippen LogP contribution in [0.5, 0.6) is 0 Å². The zero-order valence-corrected chi connectivity index (χ0v) is 25.7. The number of carbonyl (C=O) groups excluding carboxylic acids is 1. The van der Waals surface area contributed by atoms with Crippen LogP contribution in [0.3, 0.4) is 0 Å². The van der Waals surface area contributed by atoms with Crippen LogP contribution in [0.2, 0.25) is 0 Å². The molecule has 3 N–H and O–H groups in total. The van der Waals surface area contributed by atoms with Gasteiger partial charge in [-0.25, -0.2) is 4.39 Å². The number of nitrogens with zero attached hydrogens (tertiary/aromatic N) is 1. The van der Waals surface area contributed by atoms with Gasteiger partial charge in [-0.3, -0.25) is 9.79 Å². The zero-order chi connectivity index (χ0) is 31.4. The minimum absolute atomic E-state index is 0.0698. The summed E-state index contributed by atoms with van der Waals surface area (Å²) in [6, 6.07) is -0.0698. The highest BCUT2D eigenvalue weighted by Gasteiger charge is 2.14. The van der Waals surface area contributed by atoms with Gasteiger partial charge in [-0.05, 0) is 87.3 Å². The number of unbranched alkanes of at least 4 members (excludes halogenated alkanes) is 2. The van der Waals surface area contributed by atoms with Gasteiger partial charge in [0.2, 0.25) is 0 Å². The normalized spacial score (nSPS) is 18.8. The third-order valence-corrected chi connectivity index (χ3v) is 6.14. The first-order valence-electron chi connectivity index (χ1n) is 14.9. The van der Waals surface area contributed by atoms with Crippen LogP contribution in [0.1, 0.15) is 78.6 Å². The average Bonchev–Trinajstić information content (AvgIpc) is 2.97. The molecule has 42 heavy (non-hydrogen) atoms. The summed E-state index contributed by atoms with van der Waals surface area (Å²) in [5.74, 6) is -0.180. The maximum absolute atomic E-state index is 13.3. The lowest BCUT2D eigenvalue weighted by molar-refractivity contribution is -0.117. The Bertz CT molecular complexity index is 1070.